The van der Waals surface area contributed by atoms with Crippen LogP contribution in [0, 0.1) is 0 Å². The average molecular weight is 229 g/mol. The largest absolute Gasteiger partial charge is 0.389 e. The second-order valence-electron chi connectivity index (χ2n) is 3.01. The van der Waals surface area contributed by atoms with E-state index in [9.17, 15) is 0 Å². The number of hydrogen-bond donors (Lipinski definition) is 1. The summed E-state index contributed by atoms with van der Waals surface area (Å²) < 4.78 is 0. The first-order valence-electron chi connectivity index (χ1n) is 4.37. The Hall–Kier alpha value is -0.800. The Morgan fingerprint density at radius 2 is 2.21 bits per heavy atom. The third-order valence-electron chi connectivity index (χ3n) is 2.12. The smallest absolute Gasteiger partial charge is 0.107 e. The maximum atomic E-state index is 6.03. The van der Waals surface area contributed by atoms with E-state index in [4.69, 9.17) is 29.6 Å². The van der Waals surface area contributed by atoms with Crippen LogP contribution in [0.3, 0.4) is 0 Å². The summed E-state index contributed by atoms with van der Waals surface area (Å²) in [6, 6.07) is 5.65. The number of rotatable bonds is 3. The van der Waals surface area contributed by atoms with Crippen molar-refractivity contribution in [3.8, 4) is 0 Å². The van der Waals surface area contributed by atoms with Crippen molar-refractivity contribution in [2.75, 3.05) is 18.5 Å². The normalized spacial score (nSPS) is 9.93. The number of anilines is 1. The number of nitrogens with two attached hydrogens (primary N) is 1. The van der Waals surface area contributed by atoms with Crippen LogP contribution in [0.1, 0.15) is 12.5 Å². The number of benzene rings is 1. The van der Waals surface area contributed by atoms with E-state index >= 15 is 0 Å². The first-order valence-corrected chi connectivity index (χ1v) is 5.16. The van der Waals surface area contributed by atoms with Crippen molar-refractivity contribution < 1.29 is 0 Å². The predicted octanol–water partition coefficient (Wildman–Crippen LogP) is 2.43. The topological polar surface area (TPSA) is 29.3 Å². The van der Waals surface area contributed by atoms with E-state index in [0.717, 1.165) is 17.8 Å². The maximum absolute atomic E-state index is 6.03. The Morgan fingerprint density at radius 1 is 1.57 bits per heavy atom. The molecule has 0 aromatic heterocycles. The molecule has 2 nitrogen and oxygen atoms in total. The summed E-state index contributed by atoms with van der Waals surface area (Å²) in [5, 5.41) is 0.607. The van der Waals surface area contributed by atoms with E-state index in [1.54, 1.807) is 6.07 Å². The molecule has 0 atom stereocenters. The number of nitrogens with zero attached hydrogens (tertiary/aromatic N) is 1. The molecule has 0 fully saturated rings. The third-order valence-corrected chi connectivity index (χ3v) is 2.64. The molecular formula is C10H13ClN2S. The lowest BCUT2D eigenvalue weighted by Gasteiger charge is -2.20. The van der Waals surface area contributed by atoms with Crippen molar-refractivity contribution in [1.29, 1.82) is 0 Å². The summed E-state index contributed by atoms with van der Waals surface area (Å²) in [5.41, 5.74) is 7.37. The zero-order valence-electron chi connectivity index (χ0n) is 8.25. The Morgan fingerprint density at radius 3 is 2.71 bits per heavy atom. The molecular weight excluding hydrogens is 216 g/mol. The average Bonchev–Trinajstić information content (AvgIpc) is 2.15. The predicted molar refractivity (Wildman–Crippen MR) is 66.3 cm³/mol. The van der Waals surface area contributed by atoms with E-state index < -0.39 is 0 Å². The van der Waals surface area contributed by atoms with Crippen LogP contribution in [-0.4, -0.2) is 18.6 Å². The summed E-state index contributed by atoms with van der Waals surface area (Å²) in [7, 11) is 1.98. The molecule has 0 aliphatic carbocycles. The fourth-order valence-corrected chi connectivity index (χ4v) is 1.79. The zero-order chi connectivity index (χ0) is 10.7. The van der Waals surface area contributed by atoms with Gasteiger partial charge in [0.2, 0.25) is 0 Å². The Kier molecular flexibility index (Phi) is 3.72. The Bertz CT molecular complexity index is 352. The molecule has 1 aromatic carbocycles. The fraction of sp³-hybridized carbons (Fsp3) is 0.300. The first kappa shape index (κ1) is 11.3. The highest BCUT2D eigenvalue weighted by molar-refractivity contribution is 7.80. The van der Waals surface area contributed by atoms with Gasteiger partial charge >= 0.3 is 0 Å². The monoisotopic (exact) mass is 228 g/mol. The molecule has 1 aromatic rings. The molecule has 0 amide bonds. The van der Waals surface area contributed by atoms with Crippen LogP contribution in [0.15, 0.2) is 18.2 Å². The van der Waals surface area contributed by atoms with Crippen LogP contribution in [0.4, 0.5) is 5.69 Å². The molecule has 14 heavy (non-hydrogen) atoms. The van der Waals surface area contributed by atoms with Crippen LogP contribution in [0.25, 0.3) is 0 Å². The minimum Gasteiger partial charge on any atom is -0.389 e. The van der Waals surface area contributed by atoms with Crippen molar-refractivity contribution in [1.82, 2.24) is 0 Å². The quantitative estimate of drug-likeness (QED) is 0.806. The van der Waals surface area contributed by atoms with Gasteiger partial charge in [0.15, 0.2) is 0 Å². The molecule has 0 aliphatic rings. The van der Waals surface area contributed by atoms with Crippen LogP contribution in [0.5, 0.6) is 0 Å². The van der Waals surface area contributed by atoms with E-state index in [0.29, 0.717) is 10.0 Å². The van der Waals surface area contributed by atoms with Crippen LogP contribution in [-0.2, 0) is 0 Å². The van der Waals surface area contributed by atoms with Crippen LogP contribution < -0.4 is 10.6 Å². The summed E-state index contributed by atoms with van der Waals surface area (Å²) >= 11 is 11.0. The maximum Gasteiger partial charge on any atom is 0.107 e. The second-order valence-corrected chi connectivity index (χ2v) is 3.86. The molecule has 0 spiro atoms. The fourth-order valence-electron chi connectivity index (χ4n) is 1.25. The van der Waals surface area contributed by atoms with Gasteiger partial charge in [-0.2, -0.15) is 0 Å². The lowest BCUT2D eigenvalue weighted by molar-refractivity contribution is 0.967. The van der Waals surface area contributed by atoms with Gasteiger partial charge in [0.1, 0.15) is 4.99 Å². The molecule has 0 radical (unpaired) electrons. The van der Waals surface area contributed by atoms with Gasteiger partial charge in [-0.05, 0) is 19.1 Å². The third kappa shape index (κ3) is 2.16. The van der Waals surface area contributed by atoms with Crippen molar-refractivity contribution in [2.45, 2.75) is 6.92 Å². The Labute approximate surface area is 94.7 Å². The zero-order valence-corrected chi connectivity index (χ0v) is 9.82. The van der Waals surface area contributed by atoms with Crippen LogP contribution in [0.2, 0.25) is 5.02 Å². The van der Waals surface area contributed by atoms with Crippen LogP contribution >= 0.6 is 23.8 Å². The standard InChI is InChI=1S/C10H13ClN2S/c1-3-13(2)8-6-4-5-7(11)9(8)10(12)14/h4-6H,3H2,1-2H3,(H2,12,14). The van der Waals surface area contributed by atoms with E-state index in [-0.39, 0.29) is 0 Å². The minimum absolute atomic E-state index is 0.339. The second kappa shape index (κ2) is 4.62. The van der Waals surface area contributed by atoms with Crippen molar-refractivity contribution >= 4 is 34.5 Å². The van der Waals surface area contributed by atoms with E-state index in [2.05, 4.69) is 11.8 Å². The van der Waals surface area contributed by atoms with E-state index in [1.165, 1.54) is 0 Å². The SMILES string of the molecule is CCN(C)c1cccc(Cl)c1C(N)=S. The highest BCUT2D eigenvalue weighted by Gasteiger charge is 2.11. The molecule has 0 aliphatic heterocycles. The highest BCUT2D eigenvalue weighted by atomic mass is 35.5. The van der Waals surface area contributed by atoms with Gasteiger partial charge in [-0.25, -0.2) is 0 Å². The molecule has 2 N–H and O–H groups in total. The molecule has 1 rings (SSSR count). The van der Waals surface area contributed by atoms with Crippen molar-refractivity contribution in [2.24, 2.45) is 5.73 Å². The molecule has 0 heterocycles. The Balaban J connectivity index is 3.28. The van der Waals surface area contributed by atoms with E-state index in [1.807, 2.05) is 19.2 Å². The molecule has 76 valence electrons. The number of halogens is 1. The summed E-state index contributed by atoms with van der Waals surface area (Å²) in [6.45, 7) is 2.94. The minimum atomic E-state index is 0.339. The molecule has 0 unspecified atom stereocenters. The molecule has 0 saturated carbocycles. The highest BCUT2D eigenvalue weighted by Crippen LogP contribution is 2.26. The van der Waals surface area contributed by atoms with Gasteiger partial charge in [0.25, 0.3) is 0 Å². The summed E-state index contributed by atoms with van der Waals surface area (Å²) in [5.74, 6) is 0. The van der Waals surface area contributed by atoms with Gasteiger partial charge in [0.05, 0.1) is 10.6 Å². The van der Waals surface area contributed by atoms with Gasteiger partial charge in [-0.3, -0.25) is 0 Å². The van der Waals surface area contributed by atoms with Crippen molar-refractivity contribution in [3.63, 3.8) is 0 Å². The van der Waals surface area contributed by atoms with Gasteiger partial charge in [-0.1, -0.05) is 29.9 Å². The van der Waals surface area contributed by atoms with Gasteiger partial charge in [-0.15, -0.1) is 0 Å². The molecule has 0 bridgehead atoms. The lowest BCUT2D eigenvalue weighted by Crippen LogP contribution is -2.21. The molecule has 0 saturated heterocycles. The summed E-state index contributed by atoms with van der Waals surface area (Å²) in [4.78, 5) is 2.39. The lowest BCUT2D eigenvalue weighted by atomic mass is 10.1. The van der Waals surface area contributed by atoms with Crippen molar-refractivity contribution in [3.05, 3.63) is 28.8 Å². The summed E-state index contributed by atoms with van der Waals surface area (Å²) in [6.07, 6.45) is 0. The van der Waals surface area contributed by atoms with Gasteiger partial charge < -0.3 is 10.6 Å². The molecule has 4 heteroatoms. The number of hydrogen-bond acceptors (Lipinski definition) is 2. The van der Waals surface area contributed by atoms with Gasteiger partial charge in [0, 0.05) is 19.3 Å². The number of thiocarbonyl (C=S) groups is 1. The first-order chi connectivity index (χ1) is 6.57.